The Labute approximate surface area is 165 Å². The smallest absolute Gasteiger partial charge is 0.338 e. The summed E-state index contributed by atoms with van der Waals surface area (Å²) in [6, 6.07) is 16.9. The van der Waals surface area contributed by atoms with Gasteiger partial charge in [0.1, 0.15) is 16.4 Å². The van der Waals surface area contributed by atoms with E-state index in [2.05, 4.69) is 4.72 Å². The zero-order chi connectivity index (χ0) is 20.2. The molecule has 0 spiro atoms. The molecule has 27 heavy (non-hydrogen) atoms. The number of esters is 1. The van der Waals surface area contributed by atoms with Crippen LogP contribution < -0.4 is 4.72 Å². The van der Waals surface area contributed by atoms with Gasteiger partial charge in [-0.15, -0.1) is 4.72 Å². The summed E-state index contributed by atoms with van der Waals surface area (Å²) in [4.78, 5) is 12.2. The molecule has 0 unspecified atom stereocenters. The van der Waals surface area contributed by atoms with E-state index in [1.54, 1.807) is 12.1 Å². The van der Waals surface area contributed by atoms with Crippen LogP contribution in [0.25, 0.3) is 0 Å². The fourth-order valence-corrected chi connectivity index (χ4v) is 3.25. The number of carbonyl (C=O) groups excluding carboxylic acids is 1. The molecule has 0 heterocycles. The summed E-state index contributed by atoms with van der Waals surface area (Å²) in [6.07, 6.45) is 0. The molecule has 0 aliphatic heterocycles. The summed E-state index contributed by atoms with van der Waals surface area (Å²) in [5.41, 5.74) is 1.91. The summed E-state index contributed by atoms with van der Waals surface area (Å²) in [5, 5.41) is 0. The first kappa shape index (κ1) is 21.5. The van der Waals surface area contributed by atoms with Gasteiger partial charge in [-0.1, -0.05) is 42.5 Å². The highest BCUT2D eigenvalue weighted by Crippen LogP contribution is 2.26. The third-order valence-corrected chi connectivity index (χ3v) is 5.35. The standard InChI is InChI=1S/C22H29NO3S/c1-21(2,3)26-20(24)18-14-12-17(13-15-18)19(16-10-8-7-9-11-16)23-27(25)22(4,5)6/h7-15,19,23H,1-6H3/t19-,27+/m0/s1. The second-order valence-corrected chi connectivity index (χ2v) is 10.5. The van der Waals surface area contributed by atoms with Crippen LogP contribution in [0.4, 0.5) is 0 Å². The van der Waals surface area contributed by atoms with Gasteiger partial charge in [-0.25, -0.2) is 4.79 Å². The van der Waals surface area contributed by atoms with Crippen LogP contribution in [0.5, 0.6) is 0 Å². The molecule has 0 radical (unpaired) electrons. The van der Waals surface area contributed by atoms with Crippen molar-refractivity contribution in [2.75, 3.05) is 0 Å². The fourth-order valence-electron chi connectivity index (χ4n) is 2.41. The number of rotatable bonds is 5. The molecule has 2 aromatic carbocycles. The van der Waals surface area contributed by atoms with E-state index in [1.165, 1.54) is 0 Å². The normalized spacial score (nSPS) is 14.5. The summed E-state index contributed by atoms with van der Waals surface area (Å²) in [5.74, 6) is -0.350. The predicted molar refractivity (Wildman–Crippen MR) is 111 cm³/mol. The van der Waals surface area contributed by atoms with Gasteiger partial charge >= 0.3 is 5.97 Å². The fraction of sp³-hybridized carbons (Fsp3) is 0.409. The van der Waals surface area contributed by atoms with Gasteiger partial charge in [0.2, 0.25) is 0 Å². The van der Waals surface area contributed by atoms with E-state index < -0.39 is 17.0 Å². The molecule has 2 aromatic rings. The molecule has 146 valence electrons. The van der Waals surface area contributed by atoms with Crippen molar-refractivity contribution in [2.45, 2.75) is 57.9 Å². The van der Waals surface area contributed by atoms with Gasteiger partial charge in [0.15, 0.2) is 0 Å². The molecule has 0 fully saturated rings. The van der Waals surface area contributed by atoms with E-state index in [0.717, 1.165) is 11.1 Å². The van der Waals surface area contributed by atoms with Gasteiger partial charge in [0.25, 0.3) is 0 Å². The molecule has 0 bridgehead atoms. The highest BCUT2D eigenvalue weighted by atomic mass is 32.2. The quantitative estimate of drug-likeness (QED) is 0.592. The maximum absolute atomic E-state index is 12.7. The van der Waals surface area contributed by atoms with E-state index in [1.807, 2.05) is 84.0 Å². The van der Waals surface area contributed by atoms with Crippen molar-refractivity contribution in [3.8, 4) is 0 Å². The minimum absolute atomic E-state index is 0.237. The molecule has 1 N–H and O–H groups in total. The lowest BCUT2D eigenvalue weighted by Crippen LogP contribution is -2.41. The van der Waals surface area contributed by atoms with Crippen LogP contribution in [-0.4, -0.2) is 20.9 Å². The Morgan fingerprint density at radius 2 is 1.44 bits per heavy atom. The highest BCUT2D eigenvalue weighted by molar-refractivity contribution is 7.90. The van der Waals surface area contributed by atoms with Crippen molar-refractivity contribution in [1.29, 1.82) is 0 Å². The van der Waals surface area contributed by atoms with Crippen molar-refractivity contribution < 1.29 is 14.1 Å². The number of benzene rings is 2. The van der Waals surface area contributed by atoms with Crippen LogP contribution in [0.15, 0.2) is 54.6 Å². The average molecular weight is 388 g/mol. The third-order valence-electron chi connectivity index (χ3n) is 3.79. The summed E-state index contributed by atoms with van der Waals surface area (Å²) in [7, 11) is 0. The lowest BCUT2D eigenvalue weighted by molar-refractivity contribution is 0.00695. The molecule has 0 saturated carbocycles. The molecule has 2 rings (SSSR count). The lowest BCUT2D eigenvalue weighted by atomic mass is 9.98. The van der Waals surface area contributed by atoms with Crippen molar-refractivity contribution >= 4 is 17.3 Å². The molecule has 2 atom stereocenters. The Morgan fingerprint density at radius 1 is 0.926 bits per heavy atom. The largest absolute Gasteiger partial charge is 0.598 e. The van der Waals surface area contributed by atoms with Gasteiger partial charge in [-0.05, 0) is 64.8 Å². The molecule has 5 heteroatoms. The van der Waals surface area contributed by atoms with E-state index in [-0.39, 0.29) is 16.8 Å². The van der Waals surface area contributed by atoms with E-state index in [4.69, 9.17) is 4.74 Å². The third kappa shape index (κ3) is 6.38. The molecular weight excluding hydrogens is 358 g/mol. The topological polar surface area (TPSA) is 61.4 Å². The van der Waals surface area contributed by atoms with E-state index >= 15 is 0 Å². The number of hydrogen-bond acceptors (Lipinski definition) is 4. The summed E-state index contributed by atoms with van der Waals surface area (Å²) >= 11 is -1.24. The van der Waals surface area contributed by atoms with Crippen molar-refractivity contribution in [2.24, 2.45) is 0 Å². The minimum Gasteiger partial charge on any atom is -0.598 e. The van der Waals surface area contributed by atoms with Crippen LogP contribution in [0.3, 0.4) is 0 Å². The maximum Gasteiger partial charge on any atom is 0.338 e. The Kier molecular flexibility index (Phi) is 6.73. The molecule has 0 amide bonds. The molecule has 0 aromatic heterocycles. The number of nitrogens with one attached hydrogen (secondary N) is 1. The van der Waals surface area contributed by atoms with Crippen LogP contribution in [0.2, 0.25) is 0 Å². The molecule has 0 aliphatic carbocycles. The highest BCUT2D eigenvalue weighted by Gasteiger charge is 2.30. The zero-order valence-corrected chi connectivity index (χ0v) is 17.7. The van der Waals surface area contributed by atoms with Gasteiger partial charge < -0.3 is 9.29 Å². The maximum atomic E-state index is 12.7. The van der Waals surface area contributed by atoms with Gasteiger partial charge in [0, 0.05) is 11.4 Å². The van der Waals surface area contributed by atoms with Crippen LogP contribution in [0.1, 0.15) is 69.1 Å². The number of hydrogen-bond donors (Lipinski definition) is 1. The van der Waals surface area contributed by atoms with Crippen LogP contribution in [0, 0.1) is 0 Å². The van der Waals surface area contributed by atoms with E-state index in [9.17, 15) is 9.35 Å². The van der Waals surface area contributed by atoms with Gasteiger partial charge in [-0.3, -0.25) is 0 Å². The SMILES string of the molecule is CC(C)(C)OC(=O)c1ccc([C@@H](N[S@+]([O-])C(C)(C)C)c2ccccc2)cc1. The number of ether oxygens (including phenoxy) is 1. The molecule has 0 saturated heterocycles. The first-order valence-corrected chi connectivity index (χ1v) is 10.2. The zero-order valence-electron chi connectivity index (χ0n) is 16.9. The monoisotopic (exact) mass is 387 g/mol. The summed E-state index contributed by atoms with van der Waals surface area (Å²) < 4.78 is 20.9. The number of carbonyl (C=O) groups is 1. The molecule has 0 aliphatic rings. The Balaban J connectivity index is 2.29. The summed E-state index contributed by atoms with van der Waals surface area (Å²) in [6.45, 7) is 11.3. The van der Waals surface area contributed by atoms with Gasteiger partial charge in [0.05, 0.1) is 5.56 Å². The Hall–Kier alpha value is -1.82. The second kappa shape index (κ2) is 8.46. The van der Waals surface area contributed by atoms with Crippen molar-refractivity contribution in [3.63, 3.8) is 0 Å². The lowest BCUT2D eigenvalue weighted by Gasteiger charge is -2.28. The minimum atomic E-state index is -1.24. The second-order valence-electron chi connectivity index (χ2n) is 8.47. The predicted octanol–water partition coefficient (Wildman–Crippen LogP) is 4.78. The average Bonchev–Trinajstić information content (AvgIpc) is 2.58. The molecular formula is C22H29NO3S. The van der Waals surface area contributed by atoms with Gasteiger partial charge in [-0.2, -0.15) is 0 Å². The van der Waals surface area contributed by atoms with Crippen molar-refractivity contribution in [1.82, 2.24) is 4.72 Å². The first-order chi connectivity index (χ1) is 12.5. The van der Waals surface area contributed by atoms with E-state index in [0.29, 0.717) is 5.56 Å². The van der Waals surface area contributed by atoms with Crippen molar-refractivity contribution in [3.05, 3.63) is 71.3 Å². The molecule has 4 nitrogen and oxygen atoms in total. The van der Waals surface area contributed by atoms with Crippen LogP contribution >= 0.6 is 0 Å². The Bertz CT molecular complexity index is 746. The first-order valence-electron chi connectivity index (χ1n) is 9.04. The Morgan fingerprint density at radius 3 is 1.93 bits per heavy atom. The van der Waals surface area contributed by atoms with Crippen LogP contribution in [-0.2, 0) is 16.1 Å².